The Balaban J connectivity index is 2.95. The summed E-state index contributed by atoms with van der Waals surface area (Å²) in [7, 11) is 0. The first-order valence-electron chi connectivity index (χ1n) is 11.7. The van der Waals surface area contributed by atoms with E-state index in [0.29, 0.717) is 12.1 Å². The van der Waals surface area contributed by atoms with Gasteiger partial charge in [0.15, 0.2) is 5.96 Å². The summed E-state index contributed by atoms with van der Waals surface area (Å²) in [6.07, 6.45) is 1.21. The molecule has 1 aromatic heterocycles. The normalized spacial score (nSPS) is 14.7. The molecule has 1 aromatic rings. The molecular formula is C21H36N10O7. The number of nitrogens with two attached hydrogens (primary N) is 4. The molecule has 0 radical (unpaired) electrons. The van der Waals surface area contributed by atoms with Gasteiger partial charge in [0.05, 0.1) is 18.5 Å². The van der Waals surface area contributed by atoms with E-state index in [1.807, 2.05) is 0 Å². The number of carboxylic acid groups (broad SMARTS) is 1. The smallest absolute Gasteiger partial charge is 0.326 e. The fraction of sp³-hybridized carbons (Fsp3) is 0.571. The average molecular weight is 541 g/mol. The van der Waals surface area contributed by atoms with E-state index in [1.54, 1.807) is 0 Å². The quantitative estimate of drug-likeness (QED) is 0.0510. The van der Waals surface area contributed by atoms with Crippen molar-refractivity contribution in [1.29, 1.82) is 0 Å². The van der Waals surface area contributed by atoms with Gasteiger partial charge in [-0.25, -0.2) is 9.78 Å². The number of aliphatic hydroxyl groups is 1. The Bertz CT molecular complexity index is 979. The Morgan fingerprint density at radius 3 is 2.21 bits per heavy atom. The van der Waals surface area contributed by atoms with Crippen LogP contribution in [-0.4, -0.2) is 92.6 Å². The van der Waals surface area contributed by atoms with Gasteiger partial charge in [-0.2, -0.15) is 0 Å². The van der Waals surface area contributed by atoms with Crippen molar-refractivity contribution in [2.75, 3.05) is 6.54 Å². The molecule has 0 fully saturated rings. The standard InChI is InChI=1S/C21H36N10O7/c1-10(32)16(31-17(34)12(22)3-2-6-27-21(24)25)19(36)30-14(7-11-8-26-9-28-11)18(35)29-13(20(37)38)4-5-15(23)33/h8-10,12-14,16,32H,2-7,22H2,1H3,(H2,23,33)(H,26,28)(H,29,35)(H,30,36)(H,31,34)(H,37,38)(H4,24,25,27). The second-order valence-electron chi connectivity index (χ2n) is 8.53. The monoisotopic (exact) mass is 540 g/mol. The number of imidazole rings is 1. The summed E-state index contributed by atoms with van der Waals surface area (Å²) in [5.74, 6) is -4.82. The van der Waals surface area contributed by atoms with Crippen molar-refractivity contribution in [3.63, 3.8) is 0 Å². The third-order valence-electron chi connectivity index (χ3n) is 5.27. The van der Waals surface area contributed by atoms with Gasteiger partial charge in [0.25, 0.3) is 0 Å². The summed E-state index contributed by atoms with van der Waals surface area (Å²) in [6.45, 7) is 1.49. The zero-order valence-electron chi connectivity index (χ0n) is 20.9. The predicted molar refractivity (Wildman–Crippen MR) is 134 cm³/mol. The molecule has 0 aromatic carbocycles. The van der Waals surface area contributed by atoms with Crippen molar-refractivity contribution in [2.24, 2.45) is 27.9 Å². The van der Waals surface area contributed by atoms with E-state index >= 15 is 0 Å². The number of nitrogens with zero attached hydrogens (tertiary/aromatic N) is 2. The van der Waals surface area contributed by atoms with Crippen molar-refractivity contribution in [2.45, 2.75) is 69.3 Å². The van der Waals surface area contributed by atoms with Crippen molar-refractivity contribution in [3.8, 4) is 0 Å². The number of hydrogen-bond donors (Lipinski definition) is 10. The Morgan fingerprint density at radius 1 is 1.03 bits per heavy atom. The van der Waals surface area contributed by atoms with Gasteiger partial charge in [0.1, 0.15) is 18.1 Å². The molecule has 0 aliphatic carbocycles. The lowest BCUT2D eigenvalue weighted by Gasteiger charge is -2.26. The first-order valence-corrected chi connectivity index (χ1v) is 11.7. The van der Waals surface area contributed by atoms with Crippen molar-refractivity contribution < 1.29 is 34.2 Å². The van der Waals surface area contributed by atoms with Crippen LogP contribution in [0.2, 0.25) is 0 Å². The van der Waals surface area contributed by atoms with Gasteiger partial charge in [-0.3, -0.25) is 24.2 Å². The Morgan fingerprint density at radius 2 is 1.68 bits per heavy atom. The zero-order chi connectivity index (χ0) is 28.8. The SMILES string of the molecule is CC(O)C(NC(=O)C(N)CCCN=C(N)N)C(=O)NC(Cc1cnc[nH]1)C(=O)NC(CCC(N)=O)C(=O)O. The molecular weight excluding hydrogens is 504 g/mol. The Kier molecular flexibility index (Phi) is 13.2. The molecule has 17 heteroatoms. The lowest BCUT2D eigenvalue weighted by Crippen LogP contribution is -2.60. The van der Waals surface area contributed by atoms with E-state index in [-0.39, 0.29) is 38.2 Å². The minimum atomic E-state index is -1.49. The van der Waals surface area contributed by atoms with Gasteiger partial charge in [0.2, 0.25) is 23.6 Å². The van der Waals surface area contributed by atoms with E-state index < -0.39 is 59.9 Å². The van der Waals surface area contributed by atoms with Crippen molar-refractivity contribution >= 4 is 35.6 Å². The number of hydrogen-bond acceptors (Lipinski definition) is 9. The first-order chi connectivity index (χ1) is 17.8. The predicted octanol–water partition coefficient (Wildman–Crippen LogP) is -4.48. The summed E-state index contributed by atoms with van der Waals surface area (Å²) in [5, 5.41) is 26.5. The average Bonchev–Trinajstić information content (AvgIpc) is 3.34. The fourth-order valence-electron chi connectivity index (χ4n) is 3.22. The number of carbonyl (C=O) groups excluding carboxylic acids is 4. The molecule has 0 aliphatic heterocycles. The number of aromatic amines is 1. The number of primary amides is 1. The van der Waals surface area contributed by atoms with Gasteiger partial charge >= 0.3 is 5.97 Å². The topological polar surface area (TPSA) is 307 Å². The van der Waals surface area contributed by atoms with Crippen LogP contribution in [0.5, 0.6) is 0 Å². The number of carbonyl (C=O) groups is 5. The fourth-order valence-corrected chi connectivity index (χ4v) is 3.22. The number of nitrogens with one attached hydrogen (secondary N) is 4. The number of aromatic nitrogens is 2. The van der Waals surface area contributed by atoms with E-state index in [4.69, 9.17) is 22.9 Å². The maximum atomic E-state index is 13.0. The minimum Gasteiger partial charge on any atom is -0.480 e. The second-order valence-corrected chi connectivity index (χ2v) is 8.53. The van der Waals surface area contributed by atoms with E-state index in [1.165, 1.54) is 19.4 Å². The molecule has 38 heavy (non-hydrogen) atoms. The maximum absolute atomic E-state index is 13.0. The maximum Gasteiger partial charge on any atom is 0.326 e. The van der Waals surface area contributed by atoms with Crippen LogP contribution in [0.25, 0.3) is 0 Å². The summed E-state index contributed by atoms with van der Waals surface area (Å²) in [6, 6.07) is -5.33. The molecule has 5 atom stereocenters. The molecule has 1 rings (SSSR count). The van der Waals surface area contributed by atoms with Gasteiger partial charge < -0.3 is 54.1 Å². The summed E-state index contributed by atoms with van der Waals surface area (Å²) in [4.78, 5) is 71.4. The van der Waals surface area contributed by atoms with Gasteiger partial charge in [0, 0.05) is 31.3 Å². The van der Waals surface area contributed by atoms with Crippen LogP contribution in [0, 0.1) is 0 Å². The molecule has 14 N–H and O–H groups in total. The Hall–Kier alpha value is -4.25. The van der Waals surface area contributed by atoms with Crippen LogP contribution in [0.3, 0.4) is 0 Å². The number of aliphatic carboxylic acids is 1. The highest BCUT2D eigenvalue weighted by molar-refractivity contribution is 5.94. The number of guanidine groups is 1. The highest BCUT2D eigenvalue weighted by Crippen LogP contribution is 2.05. The lowest BCUT2D eigenvalue weighted by atomic mass is 10.1. The zero-order valence-corrected chi connectivity index (χ0v) is 20.9. The number of H-pyrrole nitrogens is 1. The number of amides is 4. The highest BCUT2D eigenvalue weighted by Gasteiger charge is 2.32. The highest BCUT2D eigenvalue weighted by atomic mass is 16.4. The van der Waals surface area contributed by atoms with Crippen LogP contribution < -0.4 is 38.9 Å². The lowest BCUT2D eigenvalue weighted by molar-refractivity contribution is -0.142. The van der Waals surface area contributed by atoms with Gasteiger partial charge in [-0.1, -0.05) is 0 Å². The molecule has 17 nitrogen and oxygen atoms in total. The first kappa shape index (κ1) is 31.8. The number of aliphatic hydroxyl groups excluding tert-OH is 1. The van der Waals surface area contributed by atoms with Crippen molar-refractivity contribution in [3.05, 3.63) is 18.2 Å². The number of carboxylic acids is 1. The third kappa shape index (κ3) is 11.7. The number of aliphatic imine (C=N–C) groups is 1. The largest absolute Gasteiger partial charge is 0.480 e. The molecule has 5 unspecified atom stereocenters. The van der Waals surface area contributed by atoms with Crippen LogP contribution in [-0.2, 0) is 30.4 Å². The van der Waals surface area contributed by atoms with Crippen LogP contribution >= 0.6 is 0 Å². The number of rotatable bonds is 17. The molecule has 0 spiro atoms. The summed E-state index contributed by atoms with van der Waals surface area (Å²) >= 11 is 0. The van der Waals surface area contributed by atoms with E-state index in [9.17, 15) is 34.2 Å². The van der Waals surface area contributed by atoms with Gasteiger partial charge in [-0.05, 0) is 26.2 Å². The molecule has 212 valence electrons. The Labute approximate surface area is 218 Å². The molecule has 0 saturated carbocycles. The van der Waals surface area contributed by atoms with E-state index in [0.717, 1.165) is 0 Å². The molecule has 0 saturated heterocycles. The summed E-state index contributed by atoms with van der Waals surface area (Å²) < 4.78 is 0. The van der Waals surface area contributed by atoms with E-state index in [2.05, 4.69) is 30.9 Å². The molecule has 0 aliphatic rings. The van der Waals surface area contributed by atoms with Crippen LogP contribution in [0.1, 0.15) is 38.3 Å². The van der Waals surface area contributed by atoms with Gasteiger partial charge in [-0.15, -0.1) is 0 Å². The van der Waals surface area contributed by atoms with Crippen molar-refractivity contribution in [1.82, 2.24) is 25.9 Å². The second kappa shape index (κ2) is 15.8. The van der Waals surface area contributed by atoms with Crippen LogP contribution in [0.4, 0.5) is 0 Å². The molecule has 0 bridgehead atoms. The minimum absolute atomic E-state index is 0.106. The molecule has 1 heterocycles. The van der Waals surface area contributed by atoms with Crippen LogP contribution in [0.15, 0.2) is 17.5 Å². The third-order valence-corrected chi connectivity index (χ3v) is 5.27. The summed E-state index contributed by atoms with van der Waals surface area (Å²) in [5.41, 5.74) is 21.8. The molecule has 4 amide bonds.